The number of carbonyl (C=O) groups is 1. The lowest BCUT2D eigenvalue weighted by atomic mass is 10.0. The van der Waals surface area contributed by atoms with Crippen molar-refractivity contribution >= 4 is 11.6 Å². The van der Waals surface area contributed by atoms with Crippen molar-refractivity contribution in [3.63, 3.8) is 0 Å². The van der Waals surface area contributed by atoms with E-state index >= 15 is 0 Å². The van der Waals surface area contributed by atoms with Crippen LogP contribution in [0.25, 0.3) is 0 Å². The van der Waals surface area contributed by atoms with E-state index in [1.807, 2.05) is 6.92 Å². The van der Waals surface area contributed by atoms with Gasteiger partial charge in [0, 0.05) is 5.56 Å². The zero-order valence-corrected chi connectivity index (χ0v) is 13.4. The molecule has 0 saturated carbocycles. The third kappa shape index (κ3) is 3.42. The Morgan fingerprint density at radius 1 is 1.04 bits per heavy atom. The second-order valence-corrected chi connectivity index (χ2v) is 5.70. The van der Waals surface area contributed by atoms with Gasteiger partial charge in [0.1, 0.15) is 5.75 Å². The largest absolute Gasteiger partial charge is 0.497 e. The lowest BCUT2D eigenvalue weighted by Gasteiger charge is -2.06. The molecular formula is C19H20N2O2. The molecule has 4 heteroatoms. The number of rotatable bonds is 4. The first kappa shape index (κ1) is 15.3. The number of amides is 1. The van der Waals surface area contributed by atoms with Crippen molar-refractivity contribution in [1.29, 1.82) is 0 Å². The highest BCUT2D eigenvalue weighted by atomic mass is 16.5. The Hall–Kier alpha value is -2.62. The summed E-state index contributed by atoms with van der Waals surface area (Å²) in [5.41, 5.74) is 7.86. The van der Waals surface area contributed by atoms with Gasteiger partial charge in [0.2, 0.25) is 0 Å². The number of aryl methyl sites for hydroxylation is 2. The molecule has 0 heterocycles. The molecule has 1 aliphatic rings. The second kappa shape index (κ2) is 6.65. The molecule has 2 aromatic rings. The van der Waals surface area contributed by atoms with Crippen LogP contribution in [0.4, 0.5) is 0 Å². The maximum Gasteiger partial charge on any atom is 0.271 e. The summed E-state index contributed by atoms with van der Waals surface area (Å²) in [5.74, 6) is 0.493. The molecule has 0 aromatic heterocycles. The Labute approximate surface area is 136 Å². The maximum absolute atomic E-state index is 12.1. The molecule has 118 valence electrons. The minimum atomic E-state index is -0.229. The summed E-state index contributed by atoms with van der Waals surface area (Å²) in [4.78, 5) is 12.1. The summed E-state index contributed by atoms with van der Waals surface area (Å²) in [5, 5.41) is 4.22. The smallest absolute Gasteiger partial charge is 0.271 e. The third-order valence-corrected chi connectivity index (χ3v) is 4.19. The van der Waals surface area contributed by atoms with Crippen LogP contribution < -0.4 is 10.2 Å². The van der Waals surface area contributed by atoms with Crippen LogP contribution >= 0.6 is 0 Å². The van der Waals surface area contributed by atoms with E-state index in [0.717, 1.165) is 23.4 Å². The van der Waals surface area contributed by atoms with Crippen molar-refractivity contribution in [2.24, 2.45) is 5.10 Å². The van der Waals surface area contributed by atoms with Gasteiger partial charge in [-0.3, -0.25) is 4.79 Å². The van der Waals surface area contributed by atoms with Gasteiger partial charge >= 0.3 is 0 Å². The van der Waals surface area contributed by atoms with Gasteiger partial charge in [0.25, 0.3) is 5.91 Å². The number of fused-ring (bicyclic) bond motifs is 1. The number of benzene rings is 2. The Bertz CT molecular complexity index is 748. The van der Waals surface area contributed by atoms with E-state index < -0.39 is 0 Å². The minimum absolute atomic E-state index is 0.229. The summed E-state index contributed by atoms with van der Waals surface area (Å²) >= 11 is 0. The average Bonchev–Trinajstić information content (AvgIpc) is 3.07. The molecule has 1 aliphatic carbocycles. The Morgan fingerprint density at radius 3 is 2.48 bits per heavy atom. The third-order valence-electron chi connectivity index (χ3n) is 4.19. The molecule has 0 atom stereocenters. The Balaban J connectivity index is 1.69. The van der Waals surface area contributed by atoms with E-state index in [2.05, 4.69) is 28.7 Å². The van der Waals surface area contributed by atoms with Crippen LogP contribution in [0.1, 0.15) is 40.4 Å². The van der Waals surface area contributed by atoms with Crippen LogP contribution in [0.2, 0.25) is 0 Å². The van der Waals surface area contributed by atoms with Crippen LogP contribution in [-0.4, -0.2) is 18.7 Å². The molecule has 0 spiro atoms. The van der Waals surface area contributed by atoms with Crippen molar-refractivity contribution in [3.8, 4) is 5.75 Å². The van der Waals surface area contributed by atoms with Gasteiger partial charge in [-0.25, -0.2) is 5.43 Å². The molecule has 1 amide bonds. The zero-order valence-electron chi connectivity index (χ0n) is 13.4. The van der Waals surface area contributed by atoms with Crippen molar-refractivity contribution in [2.75, 3.05) is 7.11 Å². The summed E-state index contributed by atoms with van der Waals surface area (Å²) in [6, 6.07) is 13.4. The van der Waals surface area contributed by atoms with Crippen LogP contribution in [0, 0.1) is 0 Å². The Kier molecular flexibility index (Phi) is 4.42. The first-order valence-corrected chi connectivity index (χ1v) is 7.78. The highest BCUT2D eigenvalue weighted by molar-refractivity contribution is 6.01. The monoisotopic (exact) mass is 308 g/mol. The molecule has 2 aromatic carbocycles. The van der Waals surface area contributed by atoms with Crippen LogP contribution in [0.3, 0.4) is 0 Å². The molecule has 23 heavy (non-hydrogen) atoms. The molecule has 0 fully saturated rings. The molecular weight excluding hydrogens is 288 g/mol. The normalized spacial score (nSPS) is 13.6. The maximum atomic E-state index is 12.1. The highest BCUT2D eigenvalue weighted by Gasteiger charge is 2.12. The molecule has 0 unspecified atom stereocenters. The fraction of sp³-hybridized carbons (Fsp3) is 0.263. The standard InChI is InChI=1S/C19H20N2O2/c1-13(16-7-6-14-4-3-5-17(14)12-16)20-21-19(22)15-8-10-18(23-2)11-9-15/h6-12H,3-5H2,1-2H3,(H,21,22)/b20-13-. The number of hydrogen-bond donors (Lipinski definition) is 1. The topological polar surface area (TPSA) is 50.7 Å². The first-order valence-electron chi connectivity index (χ1n) is 7.78. The average molecular weight is 308 g/mol. The number of nitrogens with zero attached hydrogens (tertiary/aromatic N) is 1. The van der Waals surface area contributed by atoms with Crippen molar-refractivity contribution < 1.29 is 9.53 Å². The number of nitrogens with one attached hydrogen (secondary N) is 1. The molecule has 4 nitrogen and oxygen atoms in total. The molecule has 0 aliphatic heterocycles. The van der Waals surface area contributed by atoms with Crippen LogP contribution in [-0.2, 0) is 12.8 Å². The van der Waals surface area contributed by atoms with E-state index in [-0.39, 0.29) is 5.91 Å². The lowest BCUT2D eigenvalue weighted by molar-refractivity contribution is 0.0955. The summed E-state index contributed by atoms with van der Waals surface area (Å²) in [6.07, 6.45) is 3.53. The van der Waals surface area contributed by atoms with Gasteiger partial charge in [-0.2, -0.15) is 5.10 Å². The Morgan fingerprint density at radius 2 is 1.74 bits per heavy atom. The predicted octanol–water partition coefficient (Wildman–Crippen LogP) is 3.34. The van der Waals surface area contributed by atoms with Gasteiger partial charge < -0.3 is 4.74 Å². The van der Waals surface area contributed by atoms with Crippen molar-refractivity contribution in [1.82, 2.24) is 5.43 Å². The van der Waals surface area contributed by atoms with E-state index in [4.69, 9.17) is 4.74 Å². The highest BCUT2D eigenvalue weighted by Crippen LogP contribution is 2.23. The first-order chi connectivity index (χ1) is 11.2. The molecule has 0 bridgehead atoms. The molecule has 0 saturated heterocycles. The number of ether oxygens (including phenoxy) is 1. The number of methoxy groups -OCH3 is 1. The summed E-state index contributed by atoms with van der Waals surface area (Å²) in [6.45, 7) is 1.91. The van der Waals surface area contributed by atoms with Gasteiger partial charge in [-0.15, -0.1) is 0 Å². The number of hydrogen-bond acceptors (Lipinski definition) is 3. The number of carbonyl (C=O) groups excluding carboxylic acids is 1. The fourth-order valence-electron chi connectivity index (χ4n) is 2.80. The van der Waals surface area contributed by atoms with Gasteiger partial charge in [0.05, 0.1) is 12.8 Å². The zero-order chi connectivity index (χ0) is 16.2. The van der Waals surface area contributed by atoms with Crippen molar-refractivity contribution in [3.05, 3.63) is 64.7 Å². The second-order valence-electron chi connectivity index (χ2n) is 5.70. The van der Waals surface area contributed by atoms with Gasteiger partial charge in [-0.1, -0.05) is 12.1 Å². The minimum Gasteiger partial charge on any atom is -0.497 e. The van der Waals surface area contributed by atoms with E-state index in [1.54, 1.807) is 31.4 Å². The van der Waals surface area contributed by atoms with Gasteiger partial charge in [-0.05, 0) is 73.2 Å². The van der Waals surface area contributed by atoms with E-state index in [1.165, 1.54) is 24.0 Å². The predicted molar refractivity (Wildman–Crippen MR) is 91.1 cm³/mol. The van der Waals surface area contributed by atoms with Crippen LogP contribution in [0.15, 0.2) is 47.6 Å². The number of hydrazone groups is 1. The molecule has 1 N–H and O–H groups in total. The van der Waals surface area contributed by atoms with E-state index in [0.29, 0.717) is 5.56 Å². The lowest BCUT2D eigenvalue weighted by Crippen LogP contribution is -2.19. The van der Waals surface area contributed by atoms with Crippen molar-refractivity contribution in [2.45, 2.75) is 26.2 Å². The molecule has 3 rings (SSSR count). The quantitative estimate of drug-likeness (QED) is 0.695. The van der Waals surface area contributed by atoms with E-state index in [9.17, 15) is 4.79 Å². The fourth-order valence-corrected chi connectivity index (χ4v) is 2.80. The van der Waals surface area contributed by atoms with Gasteiger partial charge in [0.15, 0.2) is 0 Å². The SMILES string of the molecule is COc1ccc(C(=O)N/N=C(/C)c2ccc3c(c2)CCC3)cc1. The molecule has 0 radical (unpaired) electrons. The summed E-state index contributed by atoms with van der Waals surface area (Å²) < 4.78 is 5.08. The van der Waals surface area contributed by atoms with Crippen LogP contribution in [0.5, 0.6) is 5.75 Å². The summed E-state index contributed by atoms with van der Waals surface area (Å²) in [7, 11) is 1.60.